The van der Waals surface area contributed by atoms with Crippen molar-refractivity contribution in [2.24, 2.45) is 11.0 Å². The molecule has 0 aliphatic rings. The molecule has 0 saturated heterocycles. The van der Waals surface area contributed by atoms with Gasteiger partial charge in [0.05, 0.1) is 5.69 Å². The maximum atomic E-state index is 10.8. The van der Waals surface area contributed by atoms with E-state index in [-0.39, 0.29) is 11.6 Å². The van der Waals surface area contributed by atoms with Gasteiger partial charge in [-0.3, -0.25) is 5.43 Å². The lowest BCUT2D eigenvalue weighted by atomic mass is 10.1. The summed E-state index contributed by atoms with van der Waals surface area (Å²) in [4.78, 5) is 10.8. The van der Waals surface area contributed by atoms with Crippen LogP contribution in [0.1, 0.15) is 13.8 Å². The quantitative estimate of drug-likeness (QED) is 0.586. The summed E-state index contributed by atoms with van der Waals surface area (Å²) in [6.45, 7) is 3.58. The minimum atomic E-state index is -0.992. The Balaban J connectivity index is 2.75. The van der Waals surface area contributed by atoms with Crippen LogP contribution in [0.5, 0.6) is 0 Å². The Labute approximate surface area is 88.6 Å². The molecule has 0 radical (unpaired) electrons. The Morgan fingerprint density at radius 3 is 2.40 bits per heavy atom. The van der Waals surface area contributed by atoms with Crippen LogP contribution in [0.2, 0.25) is 0 Å². The molecule has 80 valence electrons. The first-order chi connectivity index (χ1) is 7.11. The standard InChI is InChI=1S/C11H14N2O2/c1-8(2)10(11(14)15)13-12-9-6-4-3-5-7-9/h3-8,12H,1-2H3,(H,14,15)/b13-10-. The number of nitrogens with zero attached hydrogens (tertiary/aromatic N) is 1. The van der Waals surface area contributed by atoms with Gasteiger partial charge in [0, 0.05) is 5.92 Å². The Bertz CT molecular complexity index is 358. The van der Waals surface area contributed by atoms with E-state index in [4.69, 9.17) is 5.11 Å². The van der Waals surface area contributed by atoms with E-state index in [0.29, 0.717) is 0 Å². The zero-order valence-electron chi connectivity index (χ0n) is 8.77. The van der Waals surface area contributed by atoms with Crippen molar-refractivity contribution in [3.8, 4) is 0 Å². The van der Waals surface area contributed by atoms with Crippen LogP contribution in [-0.2, 0) is 4.79 Å². The molecule has 0 bridgehead atoms. The molecule has 4 nitrogen and oxygen atoms in total. The van der Waals surface area contributed by atoms with Crippen molar-refractivity contribution in [3.63, 3.8) is 0 Å². The average Bonchev–Trinajstić information content (AvgIpc) is 2.18. The van der Waals surface area contributed by atoms with Crippen LogP contribution >= 0.6 is 0 Å². The number of hydrazone groups is 1. The Morgan fingerprint density at radius 2 is 1.93 bits per heavy atom. The van der Waals surface area contributed by atoms with E-state index in [1.54, 1.807) is 13.8 Å². The highest BCUT2D eigenvalue weighted by Crippen LogP contribution is 2.06. The van der Waals surface area contributed by atoms with E-state index in [9.17, 15) is 4.79 Å². The van der Waals surface area contributed by atoms with Crippen molar-refractivity contribution >= 4 is 17.4 Å². The largest absolute Gasteiger partial charge is 0.477 e. The first-order valence-corrected chi connectivity index (χ1v) is 4.73. The highest BCUT2D eigenvalue weighted by molar-refractivity contribution is 6.36. The third kappa shape index (κ3) is 3.42. The molecule has 0 aliphatic heterocycles. The van der Waals surface area contributed by atoms with Crippen LogP contribution in [0.15, 0.2) is 35.4 Å². The van der Waals surface area contributed by atoms with Gasteiger partial charge in [-0.05, 0) is 12.1 Å². The third-order valence-electron chi connectivity index (χ3n) is 1.85. The predicted octanol–water partition coefficient (Wildman–Crippen LogP) is 2.20. The van der Waals surface area contributed by atoms with E-state index >= 15 is 0 Å². The number of para-hydroxylation sites is 1. The summed E-state index contributed by atoms with van der Waals surface area (Å²) in [5.74, 6) is -1.10. The fourth-order valence-corrected chi connectivity index (χ4v) is 1.06. The zero-order valence-corrected chi connectivity index (χ0v) is 8.77. The third-order valence-corrected chi connectivity index (χ3v) is 1.85. The monoisotopic (exact) mass is 206 g/mol. The molecule has 0 unspecified atom stereocenters. The highest BCUT2D eigenvalue weighted by Gasteiger charge is 2.13. The lowest BCUT2D eigenvalue weighted by Crippen LogP contribution is -2.20. The summed E-state index contributed by atoms with van der Waals surface area (Å²) >= 11 is 0. The van der Waals surface area contributed by atoms with Crippen LogP contribution in [0.4, 0.5) is 5.69 Å². The first-order valence-electron chi connectivity index (χ1n) is 4.73. The molecule has 2 N–H and O–H groups in total. The number of rotatable bonds is 4. The molecule has 15 heavy (non-hydrogen) atoms. The molecule has 0 fully saturated rings. The number of hydrogen-bond acceptors (Lipinski definition) is 3. The van der Waals surface area contributed by atoms with Crippen LogP contribution in [0.25, 0.3) is 0 Å². The SMILES string of the molecule is CC(C)/C(=N/Nc1ccccc1)C(=O)O. The number of carboxylic acids is 1. The number of aliphatic carboxylic acids is 1. The molecule has 0 amide bonds. The van der Waals surface area contributed by atoms with Gasteiger partial charge >= 0.3 is 5.97 Å². The van der Waals surface area contributed by atoms with Crippen molar-refractivity contribution in [3.05, 3.63) is 30.3 Å². The number of carboxylic acid groups (broad SMARTS) is 1. The second-order valence-electron chi connectivity index (χ2n) is 3.43. The normalized spacial score (nSPS) is 11.5. The zero-order chi connectivity index (χ0) is 11.3. The van der Waals surface area contributed by atoms with Crippen LogP contribution < -0.4 is 5.43 Å². The van der Waals surface area contributed by atoms with Gasteiger partial charge in [0.15, 0.2) is 0 Å². The summed E-state index contributed by atoms with van der Waals surface area (Å²) in [6.07, 6.45) is 0. The number of nitrogens with one attached hydrogen (secondary N) is 1. The smallest absolute Gasteiger partial charge is 0.352 e. The van der Waals surface area contributed by atoms with Crippen LogP contribution in [-0.4, -0.2) is 16.8 Å². The first kappa shape index (κ1) is 11.2. The Hall–Kier alpha value is -1.84. The molecule has 0 aromatic heterocycles. The summed E-state index contributed by atoms with van der Waals surface area (Å²) in [6, 6.07) is 9.24. The van der Waals surface area contributed by atoms with Gasteiger partial charge < -0.3 is 5.11 Å². The predicted molar refractivity (Wildman–Crippen MR) is 60.0 cm³/mol. The summed E-state index contributed by atoms with van der Waals surface area (Å²) in [7, 11) is 0. The van der Waals surface area contributed by atoms with Gasteiger partial charge in [-0.15, -0.1) is 0 Å². The fourth-order valence-electron chi connectivity index (χ4n) is 1.06. The highest BCUT2D eigenvalue weighted by atomic mass is 16.4. The molecular weight excluding hydrogens is 192 g/mol. The average molecular weight is 206 g/mol. The van der Waals surface area contributed by atoms with E-state index in [1.165, 1.54) is 0 Å². The maximum Gasteiger partial charge on any atom is 0.352 e. The van der Waals surface area contributed by atoms with Gasteiger partial charge in [0.2, 0.25) is 0 Å². The van der Waals surface area contributed by atoms with E-state index in [0.717, 1.165) is 5.69 Å². The van der Waals surface area contributed by atoms with E-state index in [2.05, 4.69) is 10.5 Å². The van der Waals surface area contributed by atoms with Crippen molar-refractivity contribution in [2.45, 2.75) is 13.8 Å². The summed E-state index contributed by atoms with van der Waals surface area (Å²) in [5, 5.41) is 12.7. The number of benzene rings is 1. The molecule has 0 spiro atoms. The fraction of sp³-hybridized carbons (Fsp3) is 0.273. The van der Waals surface area contributed by atoms with Crippen molar-refractivity contribution in [1.29, 1.82) is 0 Å². The van der Waals surface area contributed by atoms with E-state index < -0.39 is 5.97 Å². The second kappa shape index (κ2) is 5.14. The van der Waals surface area contributed by atoms with Crippen molar-refractivity contribution < 1.29 is 9.90 Å². The minimum Gasteiger partial charge on any atom is -0.477 e. The van der Waals surface area contributed by atoms with E-state index in [1.807, 2.05) is 30.3 Å². The second-order valence-corrected chi connectivity index (χ2v) is 3.43. The van der Waals surface area contributed by atoms with Gasteiger partial charge in [0.1, 0.15) is 5.71 Å². The number of hydrogen-bond donors (Lipinski definition) is 2. The molecule has 0 heterocycles. The molecule has 1 aromatic rings. The van der Waals surface area contributed by atoms with Crippen molar-refractivity contribution in [2.75, 3.05) is 5.43 Å². The van der Waals surface area contributed by atoms with Crippen LogP contribution in [0.3, 0.4) is 0 Å². The molecule has 0 atom stereocenters. The molecule has 4 heteroatoms. The minimum absolute atomic E-state index is 0.112. The van der Waals surface area contributed by atoms with Gasteiger partial charge in [0.25, 0.3) is 0 Å². The van der Waals surface area contributed by atoms with Gasteiger partial charge in [-0.1, -0.05) is 32.0 Å². The summed E-state index contributed by atoms with van der Waals surface area (Å²) in [5.41, 5.74) is 3.61. The molecular formula is C11H14N2O2. The number of anilines is 1. The molecule has 0 aliphatic carbocycles. The molecule has 1 aromatic carbocycles. The summed E-state index contributed by atoms with van der Waals surface area (Å²) < 4.78 is 0. The van der Waals surface area contributed by atoms with Crippen molar-refractivity contribution in [1.82, 2.24) is 0 Å². The Morgan fingerprint density at radius 1 is 1.33 bits per heavy atom. The molecule has 0 saturated carbocycles. The van der Waals surface area contributed by atoms with Gasteiger partial charge in [-0.25, -0.2) is 4.79 Å². The van der Waals surface area contributed by atoms with Crippen LogP contribution in [0, 0.1) is 5.92 Å². The lowest BCUT2D eigenvalue weighted by Gasteiger charge is -2.05. The maximum absolute atomic E-state index is 10.8. The molecule has 1 rings (SSSR count). The topological polar surface area (TPSA) is 61.7 Å². The Kier molecular flexibility index (Phi) is 3.85. The van der Waals surface area contributed by atoms with Gasteiger partial charge in [-0.2, -0.15) is 5.10 Å². The lowest BCUT2D eigenvalue weighted by molar-refractivity contribution is -0.129. The number of carbonyl (C=O) groups is 1.